The van der Waals surface area contributed by atoms with E-state index < -0.39 is 6.10 Å². The van der Waals surface area contributed by atoms with Gasteiger partial charge in [0.25, 0.3) is 0 Å². The van der Waals surface area contributed by atoms with Gasteiger partial charge in [0.05, 0.1) is 19.1 Å². The average Bonchev–Trinajstić information content (AvgIpc) is 2.74. The highest BCUT2D eigenvalue weighted by atomic mass is 16.6. The predicted molar refractivity (Wildman–Crippen MR) is 122 cm³/mol. The van der Waals surface area contributed by atoms with Crippen molar-refractivity contribution in [1.29, 1.82) is 0 Å². The highest BCUT2D eigenvalue weighted by Gasteiger charge is 2.20. The standard InChI is InChI=1S/C25H40O4/c1-3-5-6-7-8-9-10-11-12-13-14-15-16-17-18-19-20-23(4-2)25(28)29-24(21-26)22-27/h5-6,8-9,11-12,14-15,17-18,23-24,26-27H,3-4,7,10,13,16,19-22H2,1-2H3. The number of ether oxygens (including phenoxy) is 1. The van der Waals surface area contributed by atoms with Crippen molar-refractivity contribution in [2.24, 2.45) is 5.92 Å². The van der Waals surface area contributed by atoms with Gasteiger partial charge in [-0.25, -0.2) is 0 Å². The van der Waals surface area contributed by atoms with Crippen LogP contribution in [0.3, 0.4) is 0 Å². The van der Waals surface area contributed by atoms with Crippen LogP contribution in [0.4, 0.5) is 0 Å². The Balaban J connectivity index is 3.86. The van der Waals surface area contributed by atoms with Gasteiger partial charge in [-0.3, -0.25) is 4.79 Å². The van der Waals surface area contributed by atoms with Crippen molar-refractivity contribution >= 4 is 5.97 Å². The van der Waals surface area contributed by atoms with Crippen LogP contribution in [0.25, 0.3) is 0 Å². The molecule has 0 aliphatic carbocycles. The molecule has 4 heteroatoms. The van der Waals surface area contributed by atoms with Crippen LogP contribution in [0.15, 0.2) is 60.8 Å². The fraction of sp³-hybridized carbons (Fsp3) is 0.560. The number of aliphatic hydroxyl groups excluding tert-OH is 2. The summed E-state index contributed by atoms with van der Waals surface area (Å²) in [6.07, 6.45) is 27.9. The molecule has 29 heavy (non-hydrogen) atoms. The first-order chi connectivity index (χ1) is 14.2. The molecule has 0 amide bonds. The summed E-state index contributed by atoms with van der Waals surface area (Å²) in [6.45, 7) is 3.38. The van der Waals surface area contributed by atoms with Gasteiger partial charge in [-0.15, -0.1) is 0 Å². The first kappa shape index (κ1) is 27.1. The SMILES string of the molecule is CCC=CCC=CCC=CCC=CCC=CCCC(CC)C(=O)OC(CO)CO. The highest BCUT2D eigenvalue weighted by Crippen LogP contribution is 2.15. The van der Waals surface area contributed by atoms with E-state index in [1.165, 1.54) is 0 Å². The number of carbonyl (C=O) groups is 1. The van der Waals surface area contributed by atoms with E-state index in [0.717, 1.165) is 38.5 Å². The molecular formula is C25H40O4. The number of esters is 1. The van der Waals surface area contributed by atoms with Crippen LogP contribution < -0.4 is 0 Å². The Kier molecular flexibility index (Phi) is 19.4. The van der Waals surface area contributed by atoms with Crippen molar-refractivity contribution in [2.45, 2.75) is 71.3 Å². The predicted octanol–water partition coefficient (Wildman–Crippen LogP) is 5.44. The molecule has 2 N–H and O–H groups in total. The lowest BCUT2D eigenvalue weighted by Gasteiger charge is -2.17. The molecule has 0 bridgehead atoms. The van der Waals surface area contributed by atoms with E-state index in [2.05, 4.69) is 67.7 Å². The van der Waals surface area contributed by atoms with Gasteiger partial charge in [0, 0.05) is 0 Å². The zero-order chi connectivity index (χ0) is 21.6. The minimum Gasteiger partial charge on any atom is -0.457 e. The quantitative estimate of drug-likeness (QED) is 0.250. The van der Waals surface area contributed by atoms with E-state index in [0.29, 0.717) is 12.8 Å². The molecule has 1 atom stereocenters. The lowest BCUT2D eigenvalue weighted by Crippen LogP contribution is -2.29. The molecule has 1 unspecified atom stereocenters. The third-order valence-electron chi connectivity index (χ3n) is 4.36. The molecule has 4 nitrogen and oxygen atoms in total. The van der Waals surface area contributed by atoms with Gasteiger partial charge in [-0.05, 0) is 51.4 Å². The molecule has 0 rings (SSSR count). The lowest BCUT2D eigenvalue weighted by molar-refractivity contribution is -0.158. The van der Waals surface area contributed by atoms with Crippen molar-refractivity contribution in [2.75, 3.05) is 13.2 Å². The second-order valence-corrected chi connectivity index (χ2v) is 6.81. The fourth-order valence-electron chi connectivity index (χ4n) is 2.55. The molecule has 0 spiro atoms. The third-order valence-corrected chi connectivity index (χ3v) is 4.36. The number of hydrogen-bond donors (Lipinski definition) is 2. The normalized spacial score (nSPS) is 13.8. The third kappa shape index (κ3) is 16.7. The Hall–Kier alpha value is -1.91. The van der Waals surface area contributed by atoms with Gasteiger partial charge in [-0.2, -0.15) is 0 Å². The first-order valence-corrected chi connectivity index (χ1v) is 10.9. The van der Waals surface area contributed by atoms with Crippen LogP contribution in [-0.4, -0.2) is 35.5 Å². The molecule has 0 aromatic carbocycles. The van der Waals surface area contributed by atoms with Gasteiger partial charge in [-0.1, -0.05) is 74.6 Å². The summed E-state index contributed by atoms with van der Waals surface area (Å²) in [5.41, 5.74) is 0. The molecule has 0 saturated heterocycles. The van der Waals surface area contributed by atoms with Crippen LogP contribution >= 0.6 is 0 Å². The summed E-state index contributed by atoms with van der Waals surface area (Å²) in [5, 5.41) is 18.0. The maximum atomic E-state index is 12.0. The number of carbonyl (C=O) groups excluding carboxylic acids is 1. The molecule has 0 fully saturated rings. The molecule has 0 aliphatic heterocycles. The number of allylic oxidation sites excluding steroid dienone is 10. The summed E-state index contributed by atoms with van der Waals surface area (Å²) in [6, 6.07) is 0. The van der Waals surface area contributed by atoms with Crippen LogP contribution in [-0.2, 0) is 9.53 Å². The molecule has 0 aliphatic rings. The van der Waals surface area contributed by atoms with Crippen molar-refractivity contribution in [1.82, 2.24) is 0 Å². The van der Waals surface area contributed by atoms with Crippen molar-refractivity contribution in [3.8, 4) is 0 Å². The largest absolute Gasteiger partial charge is 0.457 e. The smallest absolute Gasteiger partial charge is 0.309 e. The number of rotatable bonds is 17. The Morgan fingerprint density at radius 1 is 0.759 bits per heavy atom. The van der Waals surface area contributed by atoms with Crippen LogP contribution in [0, 0.1) is 5.92 Å². The van der Waals surface area contributed by atoms with Crippen LogP contribution in [0.1, 0.15) is 65.2 Å². The van der Waals surface area contributed by atoms with Gasteiger partial charge >= 0.3 is 5.97 Å². The Morgan fingerprint density at radius 3 is 1.62 bits per heavy atom. The first-order valence-electron chi connectivity index (χ1n) is 10.9. The van der Waals surface area contributed by atoms with E-state index in [1.54, 1.807) is 0 Å². The summed E-state index contributed by atoms with van der Waals surface area (Å²) < 4.78 is 5.09. The minimum atomic E-state index is -0.815. The number of aliphatic hydroxyl groups is 2. The molecule has 164 valence electrons. The Labute approximate surface area is 177 Å². The van der Waals surface area contributed by atoms with Gasteiger partial charge in [0.1, 0.15) is 6.10 Å². The van der Waals surface area contributed by atoms with E-state index in [4.69, 9.17) is 14.9 Å². The van der Waals surface area contributed by atoms with Gasteiger partial charge in [0.15, 0.2) is 0 Å². The highest BCUT2D eigenvalue weighted by molar-refractivity contribution is 5.72. The zero-order valence-electron chi connectivity index (χ0n) is 18.2. The summed E-state index contributed by atoms with van der Waals surface area (Å²) >= 11 is 0. The van der Waals surface area contributed by atoms with Crippen molar-refractivity contribution in [3.63, 3.8) is 0 Å². The van der Waals surface area contributed by atoms with Gasteiger partial charge in [0.2, 0.25) is 0 Å². The Morgan fingerprint density at radius 2 is 1.21 bits per heavy atom. The molecule has 0 aromatic rings. The Bertz CT molecular complexity index is 525. The van der Waals surface area contributed by atoms with Crippen molar-refractivity contribution in [3.05, 3.63) is 60.8 Å². The summed E-state index contributed by atoms with van der Waals surface area (Å²) in [5.74, 6) is -0.536. The maximum absolute atomic E-state index is 12.0. The monoisotopic (exact) mass is 404 g/mol. The van der Waals surface area contributed by atoms with Crippen molar-refractivity contribution < 1.29 is 19.7 Å². The minimum absolute atomic E-state index is 0.197. The summed E-state index contributed by atoms with van der Waals surface area (Å²) in [4.78, 5) is 12.0. The van der Waals surface area contributed by atoms with E-state index in [9.17, 15) is 4.79 Å². The molecule has 0 heterocycles. The van der Waals surface area contributed by atoms with E-state index in [-0.39, 0.29) is 25.1 Å². The average molecular weight is 405 g/mol. The molecule has 0 saturated carbocycles. The number of hydrogen-bond acceptors (Lipinski definition) is 4. The lowest BCUT2D eigenvalue weighted by atomic mass is 10.0. The fourth-order valence-corrected chi connectivity index (χ4v) is 2.55. The maximum Gasteiger partial charge on any atom is 0.309 e. The van der Waals surface area contributed by atoms with E-state index >= 15 is 0 Å². The molecule has 0 radical (unpaired) electrons. The van der Waals surface area contributed by atoms with Crippen LogP contribution in [0.5, 0.6) is 0 Å². The second kappa shape index (κ2) is 20.8. The van der Waals surface area contributed by atoms with E-state index in [1.807, 2.05) is 6.92 Å². The second-order valence-electron chi connectivity index (χ2n) is 6.81. The molecular weight excluding hydrogens is 364 g/mol. The molecule has 0 aromatic heterocycles. The zero-order valence-corrected chi connectivity index (χ0v) is 18.2. The topological polar surface area (TPSA) is 66.8 Å². The summed E-state index contributed by atoms with van der Waals surface area (Å²) in [7, 11) is 0. The van der Waals surface area contributed by atoms with Gasteiger partial charge < -0.3 is 14.9 Å². The van der Waals surface area contributed by atoms with Crippen LogP contribution in [0.2, 0.25) is 0 Å².